The van der Waals surface area contributed by atoms with Crippen LogP contribution in [-0.4, -0.2) is 78.4 Å². The molecule has 3 heterocycles. The molecule has 1 N–H and O–H groups in total. The number of rotatable bonds is 6. The third kappa shape index (κ3) is 8.33. The number of nitrogens with one attached hydrogen (secondary N) is 1. The number of aromatic nitrogens is 2. The summed E-state index contributed by atoms with van der Waals surface area (Å²) in [6.07, 6.45) is -5.71. The number of sulfone groups is 1. The van der Waals surface area contributed by atoms with Gasteiger partial charge in [0, 0.05) is 17.9 Å². The molecule has 2 aliphatic rings. The molecule has 49 heavy (non-hydrogen) atoms. The lowest BCUT2D eigenvalue weighted by Gasteiger charge is -2.49. The molecule has 1 aromatic heterocycles. The molecule has 0 aliphatic carbocycles. The van der Waals surface area contributed by atoms with E-state index in [9.17, 15) is 36.4 Å². The molecular weight excluding hydrogens is 698 g/mol. The van der Waals surface area contributed by atoms with Gasteiger partial charge in [-0.05, 0) is 50.6 Å². The zero-order valence-corrected chi connectivity index (χ0v) is 28.5. The monoisotopic (exact) mass is 731 g/mol. The normalized spacial score (nSPS) is 24.2. The van der Waals surface area contributed by atoms with Crippen molar-refractivity contribution in [2.75, 3.05) is 30.3 Å². The van der Waals surface area contributed by atoms with Crippen molar-refractivity contribution in [1.82, 2.24) is 15.5 Å². The lowest BCUT2D eigenvalue weighted by atomic mass is 9.80. The molecule has 0 saturated carbocycles. The summed E-state index contributed by atoms with van der Waals surface area (Å²) < 4.78 is 91.2. The van der Waals surface area contributed by atoms with E-state index in [0.29, 0.717) is 10.6 Å². The summed E-state index contributed by atoms with van der Waals surface area (Å²) in [5, 5.41) is 19.3. The Labute approximate surface area is 284 Å². The predicted octanol–water partition coefficient (Wildman–Crippen LogP) is 5.67. The molecule has 2 aliphatic heterocycles. The molecule has 266 valence electrons. The van der Waals surface area contributed by atoms with Crippen LogP contribution in [0.5, 0.6) is 0 Å². The van der Waals surface area contributed by atoms with Gasteiger partial charge in [0.15, 0.2) is 16.4 Å². The maximum atomic E-state index is 15.8. The Morgan fingerprint density at radius 2 is 1.82 bits per heavy atom. The van der Waals surface area contributed by atoms with Gasteiger partial charge in [-0.1, -0.05) is 35.8 Å². The summed E-state index contributed by atoms with van der Waals surface area (Å²) in [5.41, 5.74) is -1.98. The molecule has 0 bridgehead atoms. The smallest absolute Gasteiger partial charge is 0.438 e. The number of likely N-dealkylation sites (tertiary alicyclic amines) is 1. The highest BCUT2D eigenvalue weighted by Crippen LogP contribution is 2.40. The topological polar surface area (TPSA) is 155 Å². The number of alkyl halides is 3. The molecule has 2 aromatic carbocycles. The van der Waals surface area contributed by atoms with E-state index in [0.717, 1.165) is 17.0 Å². The van der Waals surface area contributed by atoms with Crippen LogP contribution in [0.1, 0.15) is 52.0 Å². The van der Waals surface area contributed by atoms with Crippen molar-refractivity contribution < 1.29 is 49.5 Å². The molecule has 5 rings (SSSR count). The number of carbonyl (C=O) groups excluding carboxylic acids is 2. The van der Waals surface area contributed by atoms with Gasteiger partial charge in [0.1, 0.15) is 17.5 Å². The number of fused-ring (bicyclic) bond motifs is 1. The van der Waals surface area contributed by atoms with Crippen LogP contribution < -0.4 is 10.2 Å². The Morgan fingerprint density at radius 3 is 2.41 bits per heavy atom. The number of hydrogen-bond donors (Lipinski definition) is 1. The summed E-state index contributed by atoms with van der Waals surface area (Å²) >= 11 is 6.03. The second-order valence-electron chi connectivity index (χ2n) is 13.6. The fraction of sp³-hybridized carbons (Fsp3) is 0.484. The predicted molar refractivity (Wildman–Crippen MR) is 168 cm³/mol. The van der Waals surface area contributed by atoms with Crippen LogP contribution in [-0.2, 0) is 31.3 Å². The van der Waals surface area contributed by atoms with Crippen molar-refractivity contribution in [3.63, 3.8) is 0 Å². The third-order valence-electron chi connectivity index (χ3n) is 8.36. The number of alkyl carbamates (subject to hydrolysis) is 1. The minimum Gasteiger partial charge on any atom is -0.633 e. The SMILES string of the molecule is CC(C)(C)OC(=O)N[C@H]1CS(=O)(=O)c2cc(F)c(-c3noc(C4(C)CC[N+]([O-])(CC(F)(F)F)CC4)n3)cc2N(Cc2ccc(Cl)cc2)C1=O. The highest BCUT2D eigenvalue weighted by atomic mass is 35.5. The number of amides is 2. The van der Waals surface area contributed by atoms with E-state index < -0.39 is 72.7 Å². The van der Waals surface area contributed by atoms with Gasteiger partial charge < -0.3 is 29.3 Å². The number of ether oxygens (including phenoxy) is 1. The lowest BCUT2D eigenvalue weighted by Crippen LogP contribution is -2.55. The largest absolute Gasteiger partial charge is 0.633 e. The van der Waals surface area contributed by atoms with Crippen LogP contribution in [0.4, 0.5) is 28.0 Å². The van der Waals surface area contributed by atoms with Gasteiger partial charge in [-0.25, -0.2) is 17.6 Å². The number of hydroxylamine groups is 3. The first-order chi connectivity index (χ1) is 22.6. The maximum absolute atomic E-state index is 15.8. The van der Waals surface area contributed by atoms with Crippen LogP contribution in [0.25, 0.3) is 11.4 Å². The molecule has 0 radical (unpaired) electrons. The number of halogens is 5. The molecular formula is C31H34ClF4N5O7S. The Hall–Kier alpha value is -3.80. The van der Waals surface area contributed by atoms with E-state index in [1.54, 1.807) is 52.0 Å². The Balaban J connectivity index is 1.52. The van der Waals surface area contributed by atoms with Crippen LogP contribution in [0.2, 0.25) is 5.02 Å². The second-order valence-corrected chi connectivity index (χ2v) is 16.0. The lowest BCUT2D eigenvalue weighted by molar-refractivity contribution is -0.897. The van der Waals surface area contributed by atoms with Crippen molar-refractivity contribution in [2.24, 2.45) is 0 Å². The molecule has 0 spiro atoms. The highest BCUT2D eigenvalue weighted by Gasteiger charge is 2.46. The van der Waals surface area contributed by atoms with Gasteiger partial charge in [0.2, 0.25) is 11.7 Å². The van der Waals surface area contributed by atoms with E-state index in [4.69, 9.17) is 20.9 Å². The first kappa shape index (κ1) is 36.5. The van der Waals surface area contributed by atoms with Gasteiger partial charge in [0.05, 0.1) is 46.9 Å². The average Bonchev–Trinajstić information content (AvgIpc) is 3.45. The van der Waals surface area contributed by atoms with Crippen LogP contribution >= 0.6 is 11.6 Å². The number of hydrogen-bond acceptors (Lipinski definition) is 9. The maximum Gasteiger partial charge on any atom is 0.438 e. The van der Waals surface area contributed by atoms with Crippen molar-refractivity contribution >= 4 is 39.1 Å². The van der Waals surface area contributed by atoms with Gasteiger partial charge in [-0.2, -0.15) is 18.2 Å². The quantitative estimate of drug-likeness (QED) is 0.192. The molecule has 0 unspecified atom stereocenters. The van der Waals surface area contributed by atoms with E-state index in [-0.39, 0.29) is 55.4 Å². The van der Waals surface area contributed by atoms with Crippen molar-refractivity contribution in [2.45, 2.75) is 75.2 Å². The summed E-state index contributed by atoms with van der Waals surface area (Å²) in [6, 6.07) is 6.55. The summed E-state index contributed by atoms with van der Waals surface area (Å²) in [5.74, 6) is -3.15. The number of piperidine rings is 1. The number of quaternary nitrogens is 1. The fourth-order valence-corrected chi connectivity index (χ4v) is 7.51. The van der Waals surface area contributed by atoms with Crippen LogP contribution in [0.15, 0.2) is 45.8 Å². The summed E-state index contributed by atoms with van der Waals surface area (Å²) in [6.45, 7) is 3.96. The molecule has 2 amide bonds. The average molecular weight is 732 g/mol. The van der Waals surface area contributed by atoms with E-state index in [2.05, 4.69) is 15.5 Å². The standard InChI is InChI=1S/C31H34ClF4N5O7S/c1-29(2,3)47-28(43)37-22-16-49(45,46)24-14-21(33)20(13-23(24)40(26(22)42)15-18-5-7-19(32)8-6-18)25-38-27(48-39-25)30(4)9-11-41(44,12-10-30)17-31(34,35)36/h5-8,13-14,22H,9-12,15-17H2,1-4H3,(H,37,43)/t22-,30?,41?/m0/s1. The van der Waals surface area contributed by atoms with Gasteiger partial charge in [0.25, 0.3) is 5.91 Å². The first-order valence-electron chi connectivity index (χ1n) is 15.2. The van der Waals surface area contributed by atoms with Crippen molar-refractivity contribution in [1.29, 1.82) is 0 Å². The fourth-order valence-electron chi connectivity index (χ4n) is 5.77. The van der Waals surface area contributed by atoms with Crippen molar-refractivity contribution in [3.05, 3.63) is 63.9 Å². The third-order valence-corrected chi connectivity index (χ3v) is 10.4. The zero-order valence-electron chi connectivity index (χ0n) is 26.9. The van der Waals surface area contributed by atoms with Gasteiger partial charge in [-0.15, -0.1) is 0 Å². The summed E-state index contributed by atoms with van der Waals surface area (Å²) in [7, 11) is -4.42. The number of benzene rings is 2. The van der Waals surface area contributed by atoms with Gasteiger partial charge in [-0.3, -0.25) is 4.79 Å². The molecule has 3 aromatic rings. The minimum atomic E-state index is -4.64. The zero-order chi connectivity index (χ0) is 36.2. The van der Waals surface area contributed by atoms with Crippen molar-refractivity contribution in [3.8, 4) is 11.4 Å². The van der Waals surface area contributed by atoms with Crippen LogP contribution in [0, 0.1) is 11.0 Å². The van der Waals surface area contributed by atoms with E-state index >= 15 is 4.39 Å². The second kappa shape index (κ2) is 12.8. The van der Waals surface area contributed by atoms with E-state index in [1.807, 2.05) is 0 Å². The molecule has 1 saturated heterocycles. The molecule has 1 atom stereocenters. The molecule has 18 heteroatoms. The number of anilines is 1. The molecule has 1 fully saturated rings. The Bertz CT molecular complexity index is 1850. The van der Waals surface area contributed by atoms with E-state index in [1.165, 1.54) is 0 Å². The molecule has 12 nitrogen and oxygen atoms in total. The van der Waals surface area contributed by atoms with Crippen LogP contribution in [0.3, 0.4) is 0 Å². The number of nitrogens with zero attached hydrogens (tertiary/aromatic N) is 4. The Morgan fingerprint density at radius 1 is 1.18 bits per heavy atom. The van der Waals surface area contributed by atoms with Gasteiger partial charge >= 0.3 is 12.3 Å². The highest BCUT2D eigenvalue weighted by molar-refractivity contribution is 7.91. The Kier molecular flexibility index (Phi) is 9.55. The first-order valence-corrected chi connectivity index (χ1v) is 17.2. The minimum absolute atomic E-state index is 0.0193. The number of carbonyl (C=O) groups is 2. The summed E-state index contributed by atoms with van der Waals surface area (Å²) in [4.78, 5) is 31.5.